The lowest BCUT2D eigenvalue weighted by atomic mass is 10.0. The van der Waals surface area contributed by atoms with Crippen molar-refractivity contribution in [2.75, 3.05) is 12.3 Å². The first kappa shape index (κ1) is 19.8. The van der Waals surface area contributed by atoms with Crippen LogP contribution in [0.4, 0.5) is 0 Å². The molecule has 27 heavy (non-hydrogen) atoms. The van der Waals surface area contributed by atoms with Gasteiger partial charge in [0, 0.05) is 23.6 Å². The van der Waals surface area contributed by atoms with E-state index in [9.17, 15) is 4.79 Å². The molecule has 0 saturated heterocycles. The van der Waals surface area contributed by atoms with E-state index in [-0.39, 0.29) is 5.91 Å². The lowest BCUT2D eigenvalue weighted by Crippen LogP contribution is -2.25. The second-order valence-corrected chi connectivity index (χ2v) is 7.92. The van der Waals surface area contributed by atoms with Gasteiger partial charge in [-0.05, 0) is 41.0 Å². The van der Waals surface area contributed by atoms with Crippen molar-refractivity contribution in [3.63, 3.8) is 0 Å². The van der Waals surface area contributed by atoms with Gasteiger partial charge in [-0.15, -0.1) is 0 Å². The van der Waals surface area contributed by atoms with Crippen LogP contribution in [-0.2, 0) is 5.75 Å². The summed E-state index contributed by atoms with van der Waals surface area (Å²) < 4.78 is 0. The molecule has 3 aromatic carbocycles. The number of halogens is 2. The quantitative estimate of drug-likeness (QED) is 0.457. The monoisotopic (exact) mass is 415 g/mol. The minimum Gasteiger partial charge on any atom is -0.351 e. The van der Waals surface area contributed by atoms with E-state index in [1.54, 1.807) is 17.8 Å². The van der Waals surface area contributed by atoms with Crippen LogP contribution < -0.4 is 5.32 Å². The van der Waals surface area contributed by atoms with Gasteiger partial charge in [-0.2, -0.15) is 11.8 Å². The van der Waals surface area contributed by atoms with Crippen molar-refractivity contribution in [1.29, 1.82) is 0 Å². The Labute approximate surface area is 173 Å². The fraction of sp³-hybridized carbons (Fsp3) is 0.136. The molecule has 0 spiro atoms. The van der Waals surface area contributed by atoms with Crippen LogP contribution in [0.2, 0.25) is 10.0 Å². The Balaban J connectivity index is 1.43. The number of hydrogen-bond donors (Lipinski definition) is 1. The summed E-state index contributed by atoms with van der Waals surface area (Å²) in [7, 11) is 0. The molecule has 0 aliphatic carbocycles. The first-order chi connectivity index (χ1) is 13.1. The number of carbonyl (C=O) groups excluding carboxylic acids is 1. The molecule has 0 bridgehead atoms. The Hall–Kier alpha value is -1.94. The highest BCUT2D eigenvalue weighted by molar-refractivity contribution is 7.98. The third kappa shape index (κ3) is 5.77. The van der Waals surface area contributed by atoms with Gasteiger partial charge in [0.05, 0.1) is 10.0 Å². The fourth-order valence-electron chi connectivity index (χ4n) is 2.60. The molecular formula is C22H19Cl2NOS. The van der Waals surface area contributed by atoms with Crippen molar-refractivity contribution in [1.82, 2.24) is 5.32 Å². The maximum Gasteiger partial charge on any atom is 0.251 e. The summed E-state index contributed by atoms with van der Waals surface area (Å²) in [6, 6.07) is 23.4. The highest BCUT2D eigenvalue weighted by Gasteiger charge is 2.06. The number of hydrogen-bond acceptors (Lipinski definition) is 2. The van der Waals surface area contributed by atoms with Crippen LogP contribution in [0.15, 0.2) is 72.8 Å². The molecular weight excluding hydrogens is 397 g/mol. The van der Waals surface area contributed by atoms with E-state index in [4.69, 9.17) is 23.2 Å². The van der Waals surface area contributed by atoms with E-state index in [0.29, 0.717) is 22.2 Å². The van der Waals surface area contributed by atoms with Gasteiger partial charge in [0.2, 0.25) is 0 Å². The van der Waals surface area contributed by atoms with Crippen molar-refractivity contribution >= 4 is 40.9 Å². The molecule has 3 rings (SSSR count). The van der Waals surface area contributed by atoms with Crippen LogP contribution in [0.25, 0.3) is 11.1 Å². The topological polar surface area (TPSA) is 29.1 Å². The second kappa shape index (κ2) is 9.84. The molecule has 1 N–H and O–H groups in total. The van der Waals surface area contributed by atoms with Crippen molar-refractivity contribution in [3.05, 3.63) is 94.0 Å². The van der Waals surface area contributed by atoms with E-state index in [0.717, 1.165) is 28.2 Å². The first-order valence-corrected chi connectivity index (χ1v) is 10.5. The zero-order valence-electron chi connectivity index (χ0n) is 14.6. The Morgan fingerprint density at radius 3 is 2.26 bits per heavy atom. The molecule has 0 aromatic heterocycles. The number of amides is 1. The van der Waals surface area contributed by atoms with E-state index in [2.05, 4.69) is 17.4 Å². The standard InChI is InChI=1S/C22H19Cl2NOS/c23-20-11-6-16(14-21(20)24)15-27-13-12-25-22(26)19-9-7-18(8-10-19)17-4-2-1-3-5-17/h1-11,14H,12-13,15H2,(H,25,26). The van der Waals surface area contributed by atoms with E-state index >= 15 is 0 Å². The lowest BCUT2D eigenvalue weighted by Gasteiger charge is -2.07. The van der Waals surface area contributed by atoms with E-state index in [1.165, 1.54) is 0 Å². The molecule has 3 aromatic rings. The Morgan fingerprint density at radius 2 is 1.56 bits per heavy atom. The maximum atomic E-state index is 12.3. The zero-order valence-corrected chi connectivity index (χ0v) is 17.0. The Morgan fingerprint density at radius 1 is 0.852 bits per heavy atom. The third-order valence-electron chi connectivity index (χ3n) is 4.04. The molecule has 0 radical (unpaired) electrons. The van der Waals surface area contributed by atoms with Crippen LogP contribution in [-0.4, -0.2) is 18.2 Å². The molecule has 0 unspecified atom stereocenters. The molecule has 0 heterocycles. The predicted molar refractivity (Wildman–Crippen MR) is 117 cm³/mol. The summed E-state index contributed by atoms with van der Waals surface area (Å²) in [6.45, 7) is 0.616. The molecule has 5 heteroatoms. The lowest BCUT2D eigenvalue weighted by molar-refractivity contribution is 0.0956. The summed E-state index contributed by atoms with van der Waals surface area (Å²) >= 11 is 13.7. The van der Waals surface area contributed by atoms with E-state index in [1.807, 2.05) is 54.6 Å². The van der Waals surface area contributed by atoms with Gasteiger partial charge in [0.25, 0.3) is 5.91 Å². The summed E-state index contributed by atoms with van der Waals surface area (Å²) in [5, 5.41) is 4.10. The van der Waals surface area contributed by atoms with Gasteiger partial charge >= 0.3 is 0 Å². The van der Waals surface area contributed by atoms with Gasteiger partial charge in [-0.1, -0.05) is 71.7 Å². The average molecular weight is 416 g/mol. The van der Waals surface area contributed by atoms with Gasteiger partial charge < -0.3 is 5.32 Å². The Kier molecular flexibility index (Phi) is 7.22. The minimum absolute atomic E-state index is 0.0512. The van der Waals surface area contributed by atoms with Crippen LogP contribution in [0.1, 0.15) is 15.9 Å². The molecule has 0 saturated carbocycles. The SMILES string of the molecule is O=C(NCCSCc1ccc(Cl)c(Cl)c1)c1ccc(-c2ccccc2)cc1. The number of rotatable bonds is 7. The minimum atomic E-state index is -0.0512. The van der Waals surface area contributed by atoms with Gasteiger partial charge in [0.15, 0.2) is 0 Å². The summed E-state index contributed by atoms with van der Waals surface area (Å²) in [4.78, 5) is 12.3. The number of nitrogens with one attached hydrogen (secondary N) is 1. The second-order valence-electron chi connectivity index (χ2n) is 6.00. The smallest absolute Gasteiger partial charge is 0.251 e. The van der Waals surface area contributed by atoms with Gasteiger partial charge in [0.1, 0.15) is 0 Å². The highest BCUT2D eigenvalue weighted by Crippen LogP contribution is 2.24. The van der Waals surface area contributed by atoms with Crippen LogP contribution in [0.3, 0.4) is 0 Å². The van der Waals surface area contributed by atoms with Crippen molar-refractivity contribution in [2.45, 2.75) is 5.75 Å². The van der Waals surface area contributed by atoms with Crippen LogP contribution in [0, 0.1) is 0 Å². The predicted octanol–water partition coefficient (Wildman–Crippen LogP) is 6.32. The van der Waals surface area contributed by atoms with Crippen LogP contribution in [0.5, 0.6) is 0 Å². The van der Waals surface area contributed by atoms with Crippen molar-refractivity contribution in [2.24, 2.45) is 0 Å². The zero-order chi connectivity index (χ0) is 19.1. The molecule has 0 atom stereocenters. The molecule has 0 fully saturated rings. The third-order valence-corrected chi connectivity index (χ3v) is 5.81. The molecule has 0 aliphatic rings. The summed E-state index contributed by atoms with van der Waals surface area (Å²) in [5.41, 5.74) is 4.04. The number of benzene rings is 3. The highest BCUT2D eigenvalue weighted by atomic mass is 35.5. The van der Waals surface area contributed by atoms with Crippen molar-refractivity contribution in [3.8, 4) is 11.1 Å². The summed E-state index contributed by atoms with van der Waals surface area (Å²) in [5.74, 6) is 1.61. The maximum absolute atomic E-state index is 12.3. The van der Waals surface area contributed by atoms with Gasteiger partial charge in [-0.25, -0.2) is 0 Å². The molecule has 1 amide bonds. The largest absolute Gasteiger partial charge is 0.351 e. The number of thioether (sulfide) groups is 1. The molecule has 138 valence electrons. The molecule has 0 aliphatic heterocycles. The summed E-state index contributed by atoms with van der Waals surface area (Å²) in [6.07, 6.45) is 0. The van der Waals surface area contributed by atoms with E-state index < -0.39 is 0 Å². The van der Waals surface area contributed by atoms with Gasteiger partial charge in [-0.3, -0.25) is 4.79 Å². The first-order valence-electron chi connectivity index (χ1n) is 8.59. The molecule has 2 nitrogen and oxygen atoms in total. The average Bonchev–Trinajstić information content (AvgIpc) is 2.71. The Bertz CT molecular complexity index is 898. The fourth-order valence-corrected chi connectivity index (χ4v) is 3.73. The number of carbonyl (C=O) groups is 1. The normalized spacial score (nSPS) is 10.6. The van der Waals surface area contributed by atoms with Crippen LogP contribution >= 0.6 is 35.0 Å². The van der Waals surface area contributed by atoms with Crippen molar-refractivity contribution < 1.29 is 4.79 Å².